The highest BCUT2D eigenvalue weighted by Gasteiger charge is 2.16. The largest absolute Gasteiger partial charge is 0.332 e. The second-order valence-electron chi connectivity index (χ2n) is 5.72. The molecule has 0 radical (unpaired) electrons. The number of rotatable bonds is 3. The molecule has 22 heavy (non-hydrogen) atoms. The van der Waals surface area contributed by atoms with Gasteiger partial charge in [-0.05, 0) is 19.3 Å². The fourth-order valence-corrected chi connectivity index (χ4v) is 2.90. The molecule has 2 aromatic heterocycles. The highest BCUT2D eigenvalue weighted by atomic mass is 16.2. The van der Waals surface area contributed by atoms with Crippen LogP contribution in [-0.2, 0) is 27.6 Å². The Morgan fingerprint density at radius 2 is 1.82 bits per heavy atom. The van der Waals surface area contributed by atoms with Gasteiger partial charge in [0.05, 0.1) is 0 Å². The molecule has 116 valence electrons. The van der Waals surface area contributed by atoms with E-state index in [9.17, 15) is 9.59 Å². The van der Waals surface area contributed by atoms with Gasteiger partial charge in [-0.25, -0.2) is 9.78 Å². The van der Waals surface area contributed by atoms with Crippen molar-refractivity contribution in [1.82, 2.24) is 18.7 Å². The summed E-state index contributed by atoms with van der Waals surface area (Å²) in [4.78, 5) is 28.8. The summed E-state index contributed by atoms with van der Waals surface area (Å²) >= 11 is 0. The predicted molar refractivity (Wildman–Crippen MR) is 86.0 cm³/mol. The molecule has 0 aliphatic heterocycles. The molecule has 2 aromatic rings. The van der Waals surface area contributed by atoms with Crippen molar-refractivity contribution in [1.29, 1.82) is 0 Å². The summed E-state index contributed by atoms with van der Waals surface area (Å²) in [5, 5.41) is 0. The van der Waals surface area contributed by atoms with E-state index in [1.807, 2.05) is 11.6 Å². The maximum absolute atomic E-state index is 12.3. The molecule has 3 rings (SSSR count). The number of fused-ring (bicyclic) bond motifs is 1. The lowest BCUT2D eigenvalue weighted by Gasteiger charge is -2.06. The number of aryl methyl sites for hydroxylation is 3. The smallest absolute Gasteiger partial charge is 0.325 e. The maximum atomic E-state index is 12.3. The van der Waals surface area contributed by atoms with Gasteiger partial charge in [-0.2, -0.15) is 0 Å². The zero-order chi connectivity index (χ0) is 15.9. The summed E-state index contributed by atoms with van der Waals surface area (Å²) in [7, 11) is 4.98. The van der Waals surface area contributed by atoms with Crippen LogP contribution in [0.4, 0.5) is 0 Å². The molecule has 0 bridgehead atoms. The van der Waals surface area contributed by atoms with E-state index in [1.165, 1.54) is 17.2 Å². The van der Waals surface area contributed by atoms with Crippen LogP contribution in [0.2, 0.25) is 0 Å². The van der Waals surface area contributed by atoms with Crippen LogP contribution in [0.1, 0.15) is 25.1 Å². The third kappa shape index (κ3) is 2.24. The molecule has 6 heteroatoms. The van der Waals surface area contributed by atoms with Gasteiger partial charge >= 0.3 is 5.69 Å². The van der Waals surface area contributed by atoms with Crippen LogP contribution < -0.4 is 11.2 Å². The van der Waals surface area contributed by atoms with E-state index in [1.54, 1.807) is 7.05 Å². The van der Waals surface area contributed by atoms with Crippen LogP contribution in [0, 0.1) is 0 Å². The number of imidazole rings is 1. The monoisotopic (exact) mass is 300 g/mol. The number of hydrogen-bond acceptors (Lipinski definition) is 3. The first kappa shape index (κ1) is 14.6. The number of allylic oxidation sites excluding steroid dienone is 4. The van der Waals surface area contributed by atoms with E-state index < -0.39 is 0 Å². The van der Waals surface area contributed by atoms with Crippen molar-refractivity contribution in [2.24, 2.45) is 21.1 Å². The Labute approximate surface area is 128 Å². The minimum absolute atomic E-state index is 0.295. The van der Waals surface area contributed by atoms with Crippen LogP contribution in [0.3, 0.4) is 0 Å². The number of hydrogen-bond donors (Lipinski definition) is 0. The van der Waals surface area contributed by atoms with E-state index >= 15 is 0 Å². The first-order valence-electron chi connectivity index (χ1n) is 7.47. The van der Waals surface area contributed by atoms with Crippen LogP contribution >= 0.6 is 0 Å². The Kier molecular flexibility index (Phi) is 3.60. The SMILES string of the molecule is Cn1c(=O)c2c(nc(CCC3=CCCC=C3)n2C)n(C)c1=O. The Morgan fingerprint density at radius 1 is 1.05 bits per heavy atom. The Morgan fingerprint density at radius 3 is 2.50 bits per heavy atom. The van der Waals surface area contributed by atoms with Crippen LogP contribution in [0.5, 0.6) is 0 Å². The van der Waals surface area contributed by atoms with Gasteiger partial charge < -0.3 is 4.57 Å². The van der Waals surface area contributed by atoms with Crippen molar-refractivity contribution in [3.8, 4) is 0 Å². The van der Waals surface area contributed by atoms with Gasteiger partial charge in [0, 0.05) is 27.6 Å². The van der Waals surface area contributed by atoms with Crippen LogP contribution in [0.25, 0.3) is 11.2 Å². The summed E-state index contributed by atoms with van der Waals surface area (Å²) in [6, 6.07) is 0. The molecule has 0 saturated carbocycles. The van der Waals surface area contributed by atoms with E-state index in [2.05, 4.69) is 23.2 Å². The highest BCUT2D eigenvalue weighted by Crippen LogP contribution is 2.17. The van der Waals surface area contributed by atoms with Gasteiger partial charge in [0.15, 0.2) is 11.2 Å². The minimum atomic E-state index is -0.347. The summed E-state index contributed by atoms with van der Waals surface area (Å²) < 4.78 is 4.37. The van der Waals surface area contributed by atoms with Gasteiger partial charge in [-0.1, -0.05) is 23.8 Å². The number of aromatic nitrogens is 4. The van der Waals surface area contributed by atoms with Crippen molar-refractivity contribution in [2.45, 2.75) is 25.7 Å². The Balaban J connectivity index is 2.03. The van der Waals surface area contributed by atoms with Gasteiger partial charge in [-0.15, -0.1) is 0 Å². The van der Waals surface area contributed by atoms with Gasteiger partial charge in [0.25, 0.3) is 5.56 Å². The van der Waals surface area contributed by atoms with Gasteiger partial charge in [0.2, 0.25) is 0 Å². The molecule has 1 aliphatic carbocycles. The van der Waals surface area contributed by atoms with E-state index in [0.717, 1.165) is 36.1 Å². The van der Waals surface area contributed by atoms with E-state index in [-0.39, 0.29) is 11.2 Å². The van der Waals surface area contributed by atoms with Crippen LogP contribution in [0.15, 0.2) is 33.4 Å². The Hall–Kier alpha value is -2.37. The normalized spacial score (nSPS) is 14.6. The van der Waals surface area contributed by atoms with Gasteiger partial charge in [-0.3, -0.25) is 13.9 Å². The zero-order valence-corrected chi connectivity index (χ0v) is 13.2. The molecule has 0 amide bonds. The molecular weight excluding hydrogens is 280 g/mol. The van der Waals surface area contributed by atoms with E-state index in [4.69, 9.17) is 0 Å². The first-order valence-corrected chi connectivity index (χ1v) is 7.47. The lowest BCUT2D eigenvalue weighted by molar-refractivity contribution is 0.705. The summed E-state index contributed by atoms with van der Waals surface area (Å²) in [6.45, 7) is 0. The molecule has 2 heterocycles. The first-order chi connectivity index (χ1) is 10.5. The fraction of sp³-hybridized carbons (Fsp3) is 0.438. The third-order valence-electron chi connectivity index (χ3n) is 4.28. The molecule has 0 atom stereocenters. The predicted octanol–water partition coefficient (Wildman–Crippen LogP) is 1.18. The second kappa shape index (κ2) is 5.44. The van der Waals surface area contributed by atoms with Crippen LogP contribution in [-0.4, -0.2) is 18.7 Å². The molecule has 6 nitrogen and oxygen atoms in total. The average Bonchev–Trinajstić information content (AvgIpc) is 2.87. The van der Waals surface area contributed by atoms with E-state index in [0.29, 0.717) is 11.2 Å². The van der Waals surface area contributed by atoms with Crippen molar-refractivity contribution >= 4 is 11.2 Å². The molecule has 0 saturated heterocycles. The molecule has 1 aliphatic rings. The lowest BCUT2D eigenvalue weighted by atomic mass is 10.0. The third-order valence-corrected chi connectivity index (χ3v) is 4.28. The van der Waals surface area contributed by atoms with Crippen molar-refractivity contribution < 1.29 is 0 Å². The molecular formula is C16H20N4O2. The van der Waals surface area contributed by atoms with Crippen molar-refractivity contribution in [2.75, 3.05) is 0 Å². The molecule has 0 aromatic carbocycles. The summed E-state index contributed by atoms with van der Waals surface area (Å²) in [6.07, 6.45) is 10.4. The zero-order valence-electron chi connectivity index (χ0n) is 13.2. The van der Waals surface area contributed by atoms with Gasteiger partial charge in [0.1, 0.15) is 5.82 Å². The maximum Gasteiger partial charge on any atom is 0.332 e. The molecule has 0 fully saturated rings. The molecule has 0 spiro atoms. The molecule has 0 unspecified atom stereocenters. The van der Waals surface area contributed by atoms with Crippen molar-refractivity contribution in [3.05, 3.63) is 50.5 Å². The minimum Gasteiger partial charge on any atom is -0.325 e. The summed E-state index contributed by atoms with van der Waals surface area (Å²) in [5.74, 6) is 0.827. The quantitative estimate of drug-likeness (QED) is 0.855. The standard InChI is InChI=1S/C16H20N4O2/c1-18-12(10-9-11-7-5-4-6-8-11)17-14-13(18)15(21)20(3)16(22)19(14)2/h5,7-8H,4,6,9-10H2,1-3H3. The topological polar surface area (TPSA) is 61.8 Å². The fourth-order valence-electron chi connectivity index (χ4n) is 2.90. The Bertz CT molecular complexity index is 909. The lowest BCUT2D eigenvalue weighted by Crippen LogP contribution is -2.37. The second-order valence-corrected chi connectivity index (χ2v) is 5.72. The van der Waals surface area contributed by atoms with Crippen molar-refractivity contribution in [3.63, 3.8) is 0 Å². The molecule has 0 N–H and O–H groups in total. The average molecular weight is 300 g/mol. The highest BCUT2D eigenvalue weighted by molar-refractivity contribution is 5.70. The number of nitrogens with zero attached hydrogens (tertiary/aromatic N) is 4. The summed E-state index contributed by atoms with van der Waals surface area (Å²) in [5.41, 5.74) is 1.60.